The van der Waals surface area contributed by atoms with E-state index in [4.69, 9.17) is 5.10 Å². The van der Waals surface area contributed by atoms with Gasteiger partial charge in [-0.3, -0.25) is 19.2 Å². The molecule has 178 valence electrons. The zero-order chi connectivity index (χ0) is 23.9. The van der Waals surface area contributed by atoms with E-state index in [-0.39, 0.29) is 11.8 Å². The van der Waals surface area contributed by atoms with Crippen LogP contribution in [0.2, 0.25) is 0 Å². The Labute approximate surface area is 201 Å². The van der Waals surface area contributed by atoms with Crippen molar-refractivity contribution in [1.82, 2.24) is 24.9 Å². The van der Waals surface area contributed by atoms with Crippen LogP contribution in [0.3, 0.4) is 0 Å². The molecule has 7 heteroatoms. The summed E-state index contributed by atoms with van der Waals surface area (Å²) in [4.78, 5) is 29.6. The molecule has 1 aromatic heterocycles. The molecule has 1 saturated heterocycles. The highest BCUT2D eigenvalue weighted by Crippen LogP contribution is 2.25. The van der Waals surface area contributed by atoms with Crippen LogP contribution < -0.4 is 5.32 Å². The normalized spacial score (nSPS) is 14.2. The van der Waals surface area contributed by atoms with Crippen LogP contribution in [-0.2, 0) is 11.3 Å². The summed E-state index contributed by atoms with van der Waals surface area (Å²) in [6, 6.07) is 18.3. The molecule has 0 saturated carbocycles. The van der Waals surface area contributed by atoms with Crippen LogP contribution in [0.15, 0.2) is 60.8 Å². The fourth-order valence-electron chi connectivity index (χ4n) is 4.16. The van der Waals surface area contributed by atoms with Crippen molar-refractivity contribution in [2.45, 2.75) is 26.8 Å². The van der Waals surface area contributed by atoms with Crippen molar-refractivity contribution in [3.8, 4) is 11.3 Å². The standard InChI is InChI=1S/C27H33N5O2/c1-3-13-28-25(33)20-30-14-16-31(17-15-30)27(34)24-19-32(18-22-7-5-4-6-8-22)29-26(24)23-11-9-21(2)10-12-23/h4-12,19H,3,13-18,20H2,1-2H3,(H,28,33). The van der Waals surface area contributed by atoms with Crippen LogP contribution in [0.1, 0.15) is 34.8 Å². The maximum Gasteiger partial charge on any atom is 0.257 e. The molecule has 34 heavy (non-hydrogen) atoms. The second-order valence-electron chi connectivity index (χ2n) is 8.86. The average Bonchev–Trinajstić information content (AvgIpc) is 3.27. The number of nitrogens with zero attached hydrogens (tertiary/aromatic N) is 4. The monoisotopic (exact) mass is 459 g/mol. The van der Waals surface area contributed by atoms with Crippen LogP contribution in [-0.4, -0.2) is 70.7 Å². The Morgan fingerprint density at radius 3 is 2.35 bits per heavy atom. The first-order valence-corrected chi connectivity index (χ1v) is 12.0. The molecule has 2 amide bonds. The third kappa shape index (κ3) is 5.91. The van der Waals surface area contributed by atoms with Crippen molar-refractivity contribution >= 4 is 11.8 Å². The van der Waals surface area contributed by atoms with Gasteiger partial charge < -0.3 is 10.2 Å². The summed E-state index contributed by atoms with van der Waals surface area (Å²) in [5.41, 5.74) is 4.57. The number of amides is 2. The molecule has 1 fully saturated rings. The van der Waals surface area contributed by atoms with Gasteiger partial charge in [0.25, 0.3) is 5.91 Å². The Morgan fingerprint density at radius 1 is 0.971 bits per heavy atom. The van der Waals surface area contributed by atoms with Gasteiger partial charge in [0.15, 0.2) is 0 Å². The summed E-state index contributed by atoms with van der Waals surface area (Å²) in [5, 5.41) is 7.73. The fourth-order valence-corrected chi connectivity index (χ4v) is 4.16. The highest BCUT2D eigenvalue weighted by molar-refractivity contribution is 6.00. The van der Waals surface area contributed by atoms with E-state index < -0.39 is 0 Å². The van der Waals surface area contributed by atoms with Gasteiger partial charge in [-0.1, -0.05) is 67.1 Å². The number of carbonyl (C=O) groups is 2. The average molecular weight is 460 g/mol. The maximum absolute atomic E-state index is 13.6. The van der Waals surface area contributed by atoms with Gasteiger partial charge in [-0.25, -0.2) is 0 Å². The molecule has 0 spiro atoms. The van der Waals surface area contributed by atoms with E-state index in [1.54, 1.807) is 0 Å². The van der Waals surface area contributed by atoms with Gasteiger partial charge in [-0.2, -0.15) is 5.10 Å². The minimum Gasteiger partial charge on any atom is -0.355 e. The topological polar surface area (TPSA) is 70.5 Å². The molecule has 7 nitrogen and oxygen atoms in total. The molecule has 4 rings (SSSR count). The van der Waals surface area contributed by atoms with Crippen molar-refractivity contribution in [1.29, 1.82) is 0 Å². The molecular formula is C27H33N5O2. The Balaban J connectivity index is 1.50. The van der Waals surface area contributed by atoms with Gasteiger partial charge in [0.2, 0.25) is 5.91 Å². The second-order valence-corrected chi connectivity index (χ2v) is 8.86. The van der Waals surface area contributed by atoms with Crippen LogP contribution >= 0.6 is 0 Å². The number of piperazine rings is 1. The zero-order valence-corrected chi connectivity index (χ0v) is 20.0. The van der Waals surface area contributed by atoms with Crippen molar-refractivity contribution < 1.29 is 9.59 Å². The Hall–Kier alpha value is -3.45. The number of aromatic nitrogens is 2. The minimum absolute atomic E-state index is 0.00929. The predicted octanol–water partition coefficient (Wildman–Crippen LogP) is 3.19. The van der Waals surface area contributed by atoms with E-state index in [1.807, 2.05) is 72.1 Å². The van der Waals surface area contributed by atoms with Gasteiger partial charge in [0.1, 0.15) is 5.69 Å². The lowest BCUT2D eigenvalue weighted by Crippen LogP contribution is -2.51. The van der Waals surface area contributed by atoms with Crippen LogP contribution in [0.25, 0.3) is 11.3 Å². The van der Waals surface area contributed by atoms with Crippen molar-refractivity contribution in [3.63, 3.8) is 0 Å². The summed E-state index contributed by atoms with van der Waals surface area (Å²) in [5.74, 6) is 0.0374. The third-order valence-corrected chi connectivity index (χ3v) is 6.10. The van der Waals surface area contributed by atoms with Crippen molar-refractivity contribution in [3.05, 3.63) is 77.5 Å². The van der Waals surface area contributed by atoms with E-state index in [1.165, 1.54) is 5.56 Å². The summed E-state index contributed by atoms with van der Waals surface area (Å²) < 4.78 is 1.85. The number of nitrogens with one attached hydrogen (secondary N) is 1. The number of carbonyl (C=O) groups excluding carboxylic acids is 2. The van der Waals surface area contributed by atoms with Gasteiger partial charge in [0, 0.05) is 44.5 Å². The van der Waals surface area contributed by atoms with Gasteiger partial charge >= 0.3 is 0 Å². The molecule has 1 aliphatic rings. The van der Waals surface area contributed by atoms with Gasteiger partial charge in [-0.05, 0) is 18.9 Å². The summed E-state index contributed by atoms with van der Waals surface area (Å²) >= 11 is 0. The van der Waals surface area contributed by atoms with Crippen molar-refractivity contribution in [2.24, 2.45) is 0 Å². The number of rotatable bonds is 8. The summed E-state index contributed by atoms with van der Waals surface area (Å²) in [7, 11) is 0. The lowest BCUT2D eigenvalue weighted by molar-refractivity contribution is -0.122. The summed E-state index contributed by atoms with van der Waals surface area (Å²) in [6.07, 6.45) is 2.80. The van der Waals surface area contributed by atoms with E-state index in [0.717, 1.165) is 17.5 Å². The molecule has 2 heterocycles. The minimum atomic E-state index is -0.00929. The first-order valence-electron chi connectivity index (χ1n) is 12.0. The lowest BCUT2D eigenvalue weighted by atomic mass is 10.1. The van der Waals surface area contributed by atoms with Crippen LogP contribution in [0, 0.1) is 6.92 Å². The van der Waals surface area contributed by atoms with E-state index in [0.29, 0.717) is 57.1 Å². The van der Waals surface area contributed by atoms with Crippen molar-refractivity contribution in [2.75, 3.05) is 39.3 Å². The SMILES string of the molecule is CCCNC(=O)CN1CCN(C(=O)c2cn(Cc3ccccc3)nc2-c2ccc(C)cc2)CC1. The van der Waals surface area contributed by atoms with Crippen LogP contribution in [0.5, 0.6) is 0 Å². The maximum atomic E-state index is 13.6. The molecule has 0 atom stereocenters. The molecule has 0 aliphatic carbocycles. The predicted molar refractivity (Wildman–Crippen MR) is 134 cm³/mol. The fraction of sp³-hybridized carbons (Fsp3) is 0.370. The third-order valence-electron chi connectivity index (χ3n) is 6.10. The highest BCUT2D eigenvalue weighted by atomic mass is 16.2. The molecule has 3 aromatic rings. The van der Waals surface area contributed by atoms with E-state index in [2.05, 4.69) is 22.3 Å². The number of aryl methyl sites for hydroxylation is 1. The highest BCUT2D eigenvalue weighted by Gasteiger charge is 2.27. The first-order chi connectivity index (χ1) is 16.5. The van der Waals surface area contributed by atoms with Crippen LogP contribution in [0.4, 0.5) is 0 Å². The number of hydrogen-bond donors (Lipinski definition) is 1. The Kier molecular flexibility index (Phi) is 7.75. The lowest BCUT2D eigenvalue weighted by Gasteiger charge is -2.34. The van der Waals surface area contributed by atoms with E-state index in [9.17, 15) is 9.59 Å². The second kappa shape index (κ2) is 11.1. The molecule has 0 radical (unpaired) electrons. The van der Waals surface area contributed by atoms with Gasteiger partial charge in [0.05, 0.1) is 18.7 Å². The molecule has 0 bridgehead atoms. The summed E-state index contributed by atoms with van der Waals surface area (Å²) in [6.45, 7) is 8.33. The molecule has 2 aromatic carbocycles. The number of hydrogen-bond acceptors (Lipinski definition) is 4. The smallest absolute Gasteiger partial charge is 0.257 e. The number of benzene rings is 2. The molecule has 1 aliphatic heterocycles. The molecule has 1 N–H and O–H groups in total. The zero-order valence-electron chi connectivity index (χ0n) is 20.0. The largest absolute Gasteiger partial charge is 0.355 e. The molecular weight excluding hydrogens is 426 g/mol. The Bertz CT molecular complexity index is 1100. The molecule has 0 unspecified atom stereocenters. The Morgan fingerprint density at radius 2 is 1.68 bits per heavy atom. The van der Waals surface area contributed by atoms with E-state index >= 15 is 0 Å². The first kappa shape index (κ1) is 23.7. The quantitative estimate of drug-likeness (QED) is 0.562. The van der Waals surface area contributed by atoms with Gasteiger partial charge in [-0.15, -0.1) is 0 Å².